The van der Waals surface area contributed by atoms with Gasteiger partial charge in [0.15, 0.2) is 11.5 Å². The molecule has 110 valence electrons. The van der Waals surface area contributed by atoms with Gasteiger partial charge in [0.2, 0.25) is 6.79 Å². The number of carbonyl (C=O) groups excluding carboxylic acids is 1. The monoisotopic (exact) mass is 307 g/mol. The highest BCUT2D eigenvalue weighted by molar-refractivity contribution is 6.32. The van der Waals surface area contributed by atoms with E-state index in [1.807, 2.05) is 13.8 Å². The number of halogens is 1. The predicted molar refractivity (Wildman–Crippen MR) is 78.1 cm³/mol. The van der Waals surface area contributed by atoms with Crippen LogP contribution in [0.5, 0.6) is 11.5 Å². The van der Waals surface area contributed by atoms with Crippen LogP contribution in [0.15, 0.2) is 24.4 Å². The number of nitrogens with one attached hydrogen (secondary N) is 1. The Labute approximate surface area is 126 Å². The molecule has 1 amide bonds. The van der Waals surface area contributed by atoms with E-state index < -0.39 is 0 Å². The minimum atomic E-state index is -0.280. The van der Waals surface area contributed by atoms with Crippen LogP contribution in [0, 0.1) is 0 Å². The summed E-state index contributed by atoms with van der Waals surface area (Å²) in [5, 5.41) is 7.34. The number of fused-ring (bicyclic) bond motifs is 1. The van der Waals surface area contributed by atoms with Gasteiger partial charge in [-0.2, -0.15) is 5.10 Å². The van der Waals surface area contributed by atoms with Crippen LogP contribution < -0.4 is 14.8 Å². The van der Waals surface area contributed by atoms with E-state index in [1.165, 1.54) is 0 Å². The fourth-order valence-electron chi connectivity index (χ4n) is 2.11. The summed E-state index contributed by atoms with van der Waals surface area (Å²) >= 11 is 6.08. The number of ether oxygens (including phenoxy) is 2. The molecule has 0 atom stereocenters. The molecule has 0 bridgehead atoms. The van der Waals surface area contributed by atoms with Gasteiger partial charge in [-0.05, 0) is 26.0 Å². The van der Waals surface area contributed by atoms with Crippen molar-refractivity contribution >= 4 is 23.3 Å². The Morgan fingerprint density at radius 1 is 1.43 bits per heavy atom. The molecule has 0 aliphatic carbocycles. The van der Waals surface area contributed by atoms with Crippen LogP contribution in [0.4, 0.5) is 5.82 Å². The molecule has 0 fully saturated rings. The molecule has 1 N–H and O–H groups in total. The lowest BCUT2D eigenvalue weighted by molar-refractivity contribution is 0.102. The van der Waals surface area contributed by atoms with Gasteiger partial charge in [0, 0.05) is 17.7 Å². The number of aromatic nitrogens is 2. The summed E-state index contributed by atoms with van der Waals surface area (Å²) in [5.41, 5.74) is 0.403. The van der Waals surface area contributed by atoms with Crippen molar-refractivity contribution in [3.63, 3.8) is 0 Å². The first-order valence-corrected chi connectivity index (χ1v) is 6.88. The average Bonchev–Trinajstić information content (AvgIpc) is 3.06. The van der Waals surface area contributed by atoms with Crippen LogP contribution in [0.1, 0.15) is 30.2 Å². The van der Waals surface area contributed by atoms with Gasteiger partial charge in [0.1, 0.15) is 5.82 Å². The lowest BCUT2D eigenvalue weighted by Crippen LogP contribution is -2.16. The fourth-order valence-corrected chi connectivity index (χ4v) is 2.38. The van der Waals surface area contributed by atoms with E-state index in [4.69, 9.17) is 21.1 Å². The smallest absolute Gasteiger partial charge is 0.257 e. The largest absolute Gasteiger partial charge is 0.454 e. The standard InChI is InChI=1S/C14H14ClN3O3/c1-8(2)18-12(3-4-16-18)17-14(19)9-5-10(15)13-11(6-9)20-7-21-13/h3-6,8H,7H2,1-2H3,(H,17,19). The van der Waals surface area contributed by atoms with Crippen molar-refractivity contribution in [2.24, 2.45) is 0 Å². The van der Waals surface area contributed by atoms with Crippen molar-refractivity contribution in [1.82, 2.24) is 9.78 Å². The highest BCUT2D eigenvalue weighted by atomic mass is 35.5. The third-order valence-electron chi connectivity index (χ3n) is 3.09. The Morgan fingerprint density at radius 3 is 3.00 bits per heavy atom. The molecule has 6 nitrogen and oxygen atoms in total. The maximum atomic E-state index is 12.3. The number of hydrogen-bond donors (Lipinski definition) is 1. The molecule has 1 aromatic heterocycles. The van der Waals surface area contributed by atoms with Gasteiger partial charge in [-0.3, -0.25) is 4.79 Å². The summed E-state index contributed by atoms with van der Waals surface area (Å²) in [6, 6.07) is 5.06. The summed E-state index contributed by atoms with van der Waals surface area (Å²) in [5.74, 6) is 1.30. The Kier molecular flexibility index (Phi) is 3.47. The maximum Gasteiger partial charge on any atom is 0.257 e. The summed E-state index contributed by atoms with van der Waals surface area (Å²) in [7, 11) is 0. The quantitative estimate of drug-likeness (QED) is 0.946. The van der Waals surface area contributed by atoms with Gasteiger partial charge in [0.05, 0.1) is 11.2 Å². The zero-order valence-electron chi connectivity index (χ0n) is 11.6. The van der Waals surface area contributed by atoms with E-state index in [0.717, 1.165) is 0 Å². The highest BCUT2D eigenvalue weighted by Gasteiger charge is 2.21. The van der Waals surface area contributed by atoms with Gasteiger partial charge >= 0.3 is 0 Å². The predicted octanol–water partition coefficient (Wildman–Crippen LogP) is 3.10. The molecule has 2 heterocycles. The first-order chi connectivity index (χ1) is 10.1. The summed E-state index contributed by atoms with van der Waals surface area (Å²) in [4.78, 5) is 12.3. The van der Waals surface area contributed by atoms with E-state index in [1.54, 1.807) is 29.1 Å². The molecule has 0 saturated carbocycles. The highest BCUT2D eigenvalue weighted by Crippen LogP contribution is 2.39. The lowest BCUT2D eigenvalue weighted by atomic mass is 10.2. The second kappa shape index (κ2) is 5.29. The van der Waals surface area contributed by atoms with Gasteiger partial charge in [-0.1, -0.05) is 11.6 Å². The molecule has 0 saturated heterocycles. The number of rotatable bonds is 3. The second-order valence-electron chi connectivity index (χ2n) is 4.90. The van der Waals surface area contributed by atoms with Gasteiger partial charge in [-0.15, -0.1) is 0 Å². The van der Waals surface area contributed by atoms with Crippen molar-refractivity contribution in [3.8, 4) is 11.5 Å². The van der Waals surface area contributed by atoms with E-state index in [9.17, 15) is 4.79 Å². The van der Waals surface area contributed by atoms with Crippen molar-refractivity contribution < 1.29 is 14.3 Å². The number of amides is 1. The molecule has 0 radical (unpaired) electrons. The zero-order valence-corrected chi connectivity index (χ0v) is 12.3. The Morgan fingerprint density at radius 2 is 2.24 bits per heavy atom. The van der Waals surface area contributed by atoms with Crippen LogP contribution in [-0.4, -0.2) is 22.5 Å². The van der Waals surface area contributed by atoms with Crippen LogP contribution in [0.25, 0.3) is 0 Å². The Bertz CT molecular complexity index is 697. The molecule has 7 heteroatoms. The molecule has 0 unspecified atom stereocenters. The van der Waals surface area contributed by atoms with Crippen molar-refractivity contribution in [2.75, 3.05) is 12.1 Å². The SMILES string of the molecule is CC(C)n1nccc1NC(=O)c1cc(Cl)c2c(c1)OCO2. The topological polar surface area (TPSA) is 65.4 Å². The molecular weight excluding hydrogens is 294 g/mol. The van der Waals surface area contributed by atoms with Gasteiger partial charge in [0.25, 0.3) is 5.91 Å². The van der Waals surface area contributed by atoms with Crippen LogP contribution in [0.3, 0.4) is 0 Å². The molecule has 2 aromatic rings. The van der Waals surface area contributed by atoms with E-state index >= 15 is 0 Å². The average molecular weight is 308 g/mol. The zero-order chi connectivity index (χ0) is 15.0. The molecular formula is C14H14ClN3O3. The minimum absolute atomic E-state index is 0.111. The third-order valence-corrected chi connectivity index (χ3v) is 3.37. The number of nitrogens with zero attached hydrogens (tertiary/aromatic N) is 2. The molecule has 1 aromatic carbocycles. The molecule has 1 aliphatic rings. The number of benzene rings is 1. The summed E-state index contributed by atoms with van der Waals surface area (Å²) in [6.07, 6.45) is 1.64. The third kappa shape index (κ3) is 2.54. The van der Waals surface area contributed by atoms with Crippen molar-refractivity contribution in [1.29, 1.82) is 0 Å². The van der Waals surface area contributed by atoms with E-state index in [2.05, 4.69) is 10.4 Å². The van der Waals surface area contributed by atoms with Crippen LogP contribution >= 0.6 is 11.6 Å². The van der Waals surface area contributed by atoms with E-state index in [-0.39, 0.29) is 18.7 Å². The molecule has 3 rings (SSSR count). The van der Waals surface area contributed by atoms with Crippen molar-refractivity contribution in [3.05, 3.63) is 35.0 Å². The Balaban J connectivity index is 1.86. The summed E-state index contributed by atoms with van der Waals surface area (Å²) < 4.78 is 12.2. The first-order valence-electron chi connectivity index (χ1n) is 6.50. The molecule has 1 aliphatic heterocycles. The molecule has 0 spiro atoms. The normalized spacial score (nSPS) is 12.8. The lowest BCUT2D eigenvalue weighted by Gasteiger charge is -2.12. The number of anilines is 1. The van der Waals surface area contributed by atoms with Crippen molar-refractivity contribution in [2.45, 2.75) is 19.9 Å². The second-order valence-corrected chi connectivity index (χ2v) is 5.31. The number of carbonyl (C=O) groups is 1. The number of hydrogen-bond acceptors (Lipinski definition) is 4. The molecule has 21 heavy (non-hydrogen) atoms. The van der Waals surface area contributed by atoms with E-state index in [0.29, 0.717) is 27.9 Å². The minimum Gasteiger partial charge on any atom is -0.454 e. The van der Waals surface area contributed by atoms with Gasteiger partial charge in [-0.25, -0.2) is 4.68 Å². The van der Waals surface area contributed by atoms with Crippen LogP contribution in [0.2, 0.25) is 5.02 Å². The Hall–Kier alpha value is -2.21. The first kappa shape index (κ1) is 13.8. The maximum absolute atomic E-state index is 12.3. The van der Waals surface area contributed by atoms with Gasteiger partial charge < -0.3 is 14.8 Å². The summed E-state index contributed by atoms with van der Waals surface area (Å²) in [6.45, 7) is 4.08. The van der Waals surface area contributed by atoms with Crippen LogP contribution in [-0.2, 0) is 0 Å². The fraction of sp³-hybridized carbons (Fsp3) is 0.286.